The number of carbonyl (C=O) groups is 1. The van der Waals surface area contributed by atoms with E-state index in [1.165, 1.54) is 0 Å². The maximum absolute atomic E-state index is 13.0. The third kappa shape index (κ3) is 3.06. The lowest BCUT2D eigenvalue weighted by Crippen LogP contribution is -2.41. The minimum absolute atomic E-state index is 0.00635. The number of nitrogens with zero attached hydrogens (tertiary/aromatic N) is 3. The maximum Gasteiger partial charge on any atom is 0.259 e. The van der Waals surface area contributed by atoms with Gasteiger partial charge in [-0.3, -0.25) is 9.79 Å². The molecule has 0 unspecified atom stereocenters. The smallest absolute Gasteiger partial charge is 0.259 e. The van der Waals surface area contributed by atoms with Crippen LogP contribution in [0.2, 0.25) is 5.02 Å². The summed E-state index contributed by atoms with van der Waals surface area (Å²) in [7, 11) is 0. The molecular formula is C20H18ClN3OS. The second-order valence-electron chi connectivity index (χ2n) is 6.64. The van der Waals surface area contributed by atoms with Crippen LogP contribution in [-0.2, 0) is 10.5 Å². The predicted molar refractivity (Wildman–Crippen MR) is 108 cm³/mol. The van der Waals surface area contributed by atoms with Crippen LogP contribution < -0.4 is 0 Å². The van der Waals surface area contributed by atoms with Gasteiger partial charge in [-0.25, -0.2) is 9.89 Å². The SMILES string of the molecule is CC(C)[C@H]1N=C2c3ccccc3N=C(SCc3ccc(Cl)cc3)N2C1=O. The molecule has 0 saturated heterocycles. The van der Waals surface area contributed by atoms with Crippen LogP contribution in [0.1, 0.15) is 25.0 Å². The van der Waals surface area contributed by atoms with Gasteiger partial charge in [0.2, 0.25) is 0 Å². The summed E-state index contributed by atoms with van der Waals surface area (Å²) in [5, 5.41) is 1.40. The lowest BCUT2D eigenvalue weighted by Gasteiger charge is -2.25. The van der Waals surface area contributed by atoms with Crippen LogP contribution in [0.5, 0.6) is 0 Å². The van der Waals surface area contributed by atoms with Gasteiger partial charge in [-0.2, -0.15) is 0 Å². The fraction of sp³-hybridized carbons (Fsp3) is 0.250. The zero-order chi connectivity index (χ0) is 18.3. The van der Waals surface area contributed by atoms with Crippen molar-refractivity contribution in [2.75, 3.05) is 0 Å². The van der Waals surface area contributed by atoms with E-state index >= 15 is 0 Å². The van der Waals surface area contributed by atoms with E-state index in [1.807, 2.05) is 62.4 Å². The van der Waals surface area contributed by atoms with E-state index in [2.05, 4.69) is 0 Å². The van der Waals surface area contributed by atoms with Crippen molar-refractivity contribution < 1.29 is 4.79 Å². The molecule has 2 aliphatic heterocycles. The molecule has 0 saturated carbocycles. The fourth-order valence-electron chi connectivity index (χ4n) is 3.03. The Morgan fingerprint density at radius 1 is 1.15 bits per heavy atom. The molecule has 132 valence electrons. The number of para-hydroxylation sites is 1. The van der Waals surface area contributed by atoms with E-state index < -0.39 is 0 Å². The largest absolute Gasteiger partial charge is 0.271 e. The first kappa shape index (κ1) is 17.3. The van der Waals surface area contributed by atoms with Crippen molar-refractivity contribution in [2.45, 2.75) is 25.6 Å². The van der Waals surface area contributed by atoms with Gasteiger partial charge in [0, 0.05) is 16.3 Å². The number of thioether (sulfide) groups is 1. The lowest BCUT2D eigenvalue weighted by molar-refractivity contribution is -0.125. The number of amidine groups is 2. The maximum atomic E-state index is 13.0. The molecule has 0 aromatic heterocycles. The standard InChI is InChI=1S/C20H18ClN3OS/c1-12(2)17-19(25)24-18(23-17)15-5-3-4-6-16(15)22-20(24)26-11-13-7-9-14(21)10-8-13/h3-10,12,17H,11H2,1-2H3/t17-/m1/s1. The molecule has 1 atom stereocenters. The normalized spacial score (nSPS) is 18.5. The quantitative estimate of drug-likeness (QED) is 0.757. The second-order valence-corrected chi connectivity index (χ2v) is 8.02. The minimum atomic E-state index is -0.350. The van der Waals surface area contributed by atoms with Gasteiger partial charge in [0.25, 0.3) is 5.91 Å². The third-order valence-corrected chi connectivity index (χ3v) is 5.67. The Hall–Kier alpha value is -2.11. The molecule has 6 heteroatoms. The average Bonchev–Trinajstić information content (AvgIpc) is 2.99. The van der Waals surface area contributed by atoms with Gasteiger partial charge in [0.15, 0.2) is 5.17 Å². The summed E-state index contributed by atoms with van der Waals surface area (Å²) in [5.74, 6) is 1.58. The van der Waals surface area contributed by atoms with Crippen molar-refractivity contribution in [1.82, 2.24) is 4.90 Å². The number of halogens is 1. The fourth-order valence-corrected chi connectivity index (χ4v) is 4.11. The van der Waals surface area contributed by atoms with Gasteiger partial charge < -0.3 is 0 Å². The van der Waals surface area contributed by atoms with Crippen molar-refractivity contribution in [3.63, 3.8) is 0 Å². The zero-order valence-electron chi connectivity index (χ0n) is 14.5. The summed E-state index contributed by atoms with van der Waals surface area (Å²) >= 11 is 7.50. The van der Waals surface area contributed by atoms with Crippen LogP contribution in [0.15, 0.2) is 58.5 Å². The number of benzene rings is 2. The van der Waals surface area contributed by atoms with Crippen LogP contribution >= 0.6 is 23.4 Å². The highest BCUT2D eigenvalue weighted by molar-refractivity contribution is 8.13. The number of hydrogen-bond donors (Lipinski definition) is 0. The first-order valence-corrected chi connectivity index (χ1v) is 9.88. The molecule has 0 spiro atoms. The number of aliphatic imine (C=N–C) groups is 2. The van der Waals surface area contributed by atoms with Gasteiger partial charge in [0.05, 0.1) is 5.69 Å². The van der Waals surface area contributed by atoms with E-state index in [1.54, 1.807) is 16.7 Å². The minimum Gasteiger partial charge on any atom is -0.271 e. The Balaban J connectivity index is 1.68. The van der Waals surface area contributed by atoms with Crippen LogP contribution in [0, 0.1) is 5.92 Å². The zero-order valence-corrected chi connectivity index (χ0v) is 16.1. The van der Waals surface area contributed by atoms with Gasteiger partial charge in [-0.1, -0.05) is 61.5 Å². The van der Waals surface area contributed by atoms with Crippen LogP contribution in [0.25, 0.3) is 0 Å². The Morgan fingerprint density at radius 2 is 1.88 bits per heavy atom. The second kappa shape index (κ2) is 6.89. The number of rotatable bonds is 3. The van der Waals surface area contributed by atoms with Crippen molar-refractivity contribution in [2.24, 2.45) is 15.9 Å². The highest BCUT2D eigenvalue weighted by atomic mass is 35.5. The van der Waals surface area contributed by atoms with Gasteiger partial charge in [-0.15, -0.1) is 0 Å². The molecule has 0 aliphatic carbocycles. The molecule has 0 N–H and O–H groups in total. The topological polar surface area (TPSA) is 45.0 Å². The predicted octanol–water partition coefficient (Wildman–Crippen LogP) is 4.89. The summed E-state index contributed by atoms with van der Waals surface area (Å²) < 4.78 is 0. The summed E-state index contributed by atoms with van der Waals surface area (Å²) in [6.45, 7) is 4.04. The van der Waals surface area contributed by atoms with Crippen molar-refractivity contribution in [3.8, 4) is 0 Å². The molecule has 2 aliphatic rings. The summed E-state index contributed by atoms with van der Waals surface area (Å²) in [6, 6.07) is 15.2. The molecule has 0 radical (unpaired) electrons. The summed E-state index contributed by atoms with van der Waals surface area (Å²) in [5.41, 5.74) is 2.91. The highest BCUT2D eigenvalue weighted by Gasteiger charge is 2.42. The monoisotopic (exact) mass is 383 g/mol. The molecule has 2 heterocycles. The van der Waals surface area contributed by atoms with E-state index in [4.69, 9.17) is 21.6 Å². The average molecular weight is 384 g/mol. The van der Waals surface area contributed by atoms with Crippen LogP contribution in [0.3, 0.4) is 0 Å². The molecule has 4 nitrogen and oxygen atoms in total. The molecule has 2 aromatic carbocycles. The molecule has 4 rings (SSSR count). The Morgan fingerprint density at radius 3 is 2.62 bits per heavy atom. The molecule has 0 fully saturated rings. The Bertz CT molecular complexity index is 921. The van der Waals surface area contributed by atoms with E-state index in [0.29, 0.717) is 15.9 Å². The number of amides is 1. The third-order valence-electron chi connectivity index (χ3n) is 4.41. The molecule has 1 amide bonds. The van der Waals surface area contributed by atoms with Crippen molar-refractivity contribution >= 4 is 46.0 Å². The van der Waals surface area contributed by atoms with Crippen molar-refractivity contribution in [1.29, 1.82) is 0 Å². The Labute approximate surface area is 162 Å². The lowest BCUT2D eigenvalue weighted by atomic mass is 10.1. The molecule has 26 heavy (non-hydrogen) atoms. The van der Waals surface area contributed by atoms with E-state index in [9.17, 15) is 4.79 Å². The van der Waals surface area contributed by atoms with Crippen LogP contribution in [-0.4, -0.2) is 27.9 Å². The first-order valence-electron chi connectivity index (χ1n) is 8.51. The number of carbonyl (C=O) groups excluding carboxylic acids is 1. The van der Waals surface area contributed by atoms with E-state index in [-0.39, 0.29) is 17.9 Å². The molecule has 2 aromatic rings. The number of fused-ring (bicyclic) bond motifs is 3. The van der Waals surface area contributed by atoms with Gasteiger partial charge >= 0.3 is 0 Å². The first-order chi connectivity index (χ1) is 12.5. The molecule has 0 bridgehead atoms. The summed E-state index contributed by atoms with van der Waals surface area (Å²) in [6.07, 6.45) is 0. The Kier molecular flexibility index (Phi) is 4.59. The number of hydrogen-bond acceptors (Lipinski definition) is 4. The van der Waals surface area contributed by atoms with Crippen LogP contribution in [0.4, 0.5) is 5.69 Å². The molecular weight excluding hydrogens is 366 g/mol. The van der Waals surface area contributed by atoms with E-state index in [0.717, 1.165) is 22.6 Å². The van der Waals surface area contributed by atoms with Crippen molar-refractivity contribution in [3.05, 3.63) is 64.7 Å². The highest BCUT2D eigenvalue weighted by Crippen LogP contribution is 2.35. The van der Waals surface area contributed by atoms with Gasteiger partial charge in [0.1, 0.15) is 11.9 Å². The van der Waals surface area contributed by atoms with Gasteiger partial charge in [-0.05, 0) is 35.7 Å². The summed E-state index contributed by atoms with van der Waals surface area (Å²) in [4.78, 5) is 24.1.